The Labute approximate surface area is 229 Å². The molecule has 0 bridgehead atoms. The van der Waals surface area contributed by atoms with Crippen molar-refractivity contribution in [3.8, 4) is 11.1 Å². The largest absolute Gasteiger partial charge is 0.622 e. The number of nitrogens with one attached hydrogen (secondary N) is 2. The van der Waals surface area contributed by atoms with Crippen molar-refractivity contribution in [2.45, 2.75) is 12.2 Å². The zero-order chi connectivity index (χ0) is 26.2. The predicted octanol–water partition coefficient (Wildman–Crippen LogP) is 7.53. The second kappa shape index (κ2) is 9.80. The highest BCUT2D eigenvalue weighted by molar-refractivity contribution is 5.97. The summed E-state index contributed by atoms with van der Waals surface area (Å²) >= 11 is 0. The molecule has 5 aromatic rings. The first kappa shape index (κ1) is 23.8. The van der Waals surface area contributed by atoms with Crippen molar-refractivity contribution in [1.29, 1.82) is 0 Å². The van der Waals surface area contributed by atoms with Crippen LogP contribution in [-0.2, 0) is 0 Å². The van der Waals surface area contributed by atoms with E-state index >= 15 is 5.21 Å². The summed E-state index contributed by atoms with van der Waals surface area (Å²) in [6.07, 6.45) is 0.0408. The van der Waals surface area contributed by atoms with Crippen LogP contribution in [0.25, 0.3) is 11.1 Å². The molecule has 1 fully saturated rings. The van der Waals surface area contributed by atoms with E-state index in [1.54, 1.807) is 0 Å². The van der Waals surface area contributed by atoms with Gasteiger partial charge in [0.1, 0.15) is 17.4 Å². The third-order valence-electron chi connectivity index (χ3n) is 7.94. The Morgan fingerprint density at radius 3 is 1.74 bits per heavy atom. The van der Waals surface area contributed by atoms with Crippen LogP contribution >= 0.6 is 0 Å². The van der Waals surface area contributed by atoms with Gasteiger partial charge in [0.05, 0.1) is 24.8 Å². The summed E-state index contributed by atoms with van der Waals surface area (Å²) in [7, 11) is 0. The fraction of sp³-hybridized carbons (Fsp3) is 0.118. The number of nitrogens with zero attached hydrogens (tertiary/aromatic N) is 2. The monoisotopic (exact) mass is 510 g/mol. The van der Waals surface area contributed by atoms with Crippen LogP contribution in [0.2, 0.25) is 0 Å². The van der Waals surface area contributed by atoms with Crippen molar-refractivity contribution in [3.63, 3.8) is 0 Å². The Bertz CT molecular complexity index is 1540. The van der Waals surface area contributed by atoms with E-state index in [0.29, 0.717) is 13.1 Å². The highest BCUT2D eigenvalue weighted by Crippen LogP contribution is 2.55. The molecule has 5 aromatic carbocycles. The number of rotatable bonds is 5. The fourth-order valence-corrected chi connectivity index (χ4v) is 6.07. The molecular formula is C34H30N4O. The van der Waals surface area contributed by atoms with Crippen molar-refractivity contribution >= 4 is 28.4 Å². The van der Waals surface area contributed by atoms with Gasteiger partial charge in [-0.25, -0.2) is 0 Å². The standard InChI is InChI=1S/C34H30N4O/c39-38(29-23-35-34(36-24-29)25-12-4-1-5-13-25)32-19-11-10-18-30(32)31-22-28(20-21-33(31)38)37(26-14-6-2-7-15-26)27-16-8-3-9-17-27/h1-22,29,34-36H,23-24H2. The molecule has 2 aliphatic rings. The van der Waals surface area contributed by atoms with E-state index in [1.807, 2.05) is 54.6 Å². The van der Waals surface area contributed by atoms with Crippen molar-refractivity contribution in [2.24, 2.45) is 0 Å². The van der Waals surface area contributed by atoms with Gasteiger partial charge in [0, 0.05) is 34.8 Å². The lowest BCUT2D eigenvalue weighted by molar-refractivity contribution is 0.258. The highest BCUT2D eigenvalue weighted by Gasteiger charge is 2.44. The molecule has 0 radical (unpaired) electrons. The van der Waals surface area contributed by atoms with Crippen LogP contribution in [0.3, 0.4) is 0 Å². The molecule has 39 heavy (non-hydrogen) atoms. The van der Waals surface area contributed by atoms with E-state index in [2.05, 4.69) is 94.4 Å². The van der Waals surface area contributed by atoms with Crippen LogP contribution in [0.5, 0.6) is 0 Å². The second-order valence-corrected chi connectivity index (χ2v) is 10.2. The molecule has 2 heterocycles. The van der Waals surface area contributed by atoms with Crippen molar-refractivity contribution in [1.82, 2.24) is 15.3 Å². The lowest BCUT2D eigenvalue weighted by Crippen LogP contribution is -2.61. The molecule has 5 heteroatoms. The van der Waals surface area contributed by atoms with Gasteiger partial charge < -0.3 is 10.1 Å². The third kappa shape index (κ3) is 4.04. The number of benzene rings is 5. The Balaban J connectivity index is 1.29. The molecule has 1 saturated heterocycles. The first-order chi connectivity index (χ1) is 19.2. The topological polar surface area (TPSA) is 50.4 Å². The van der Waals surface area contributed by atoms with E-state index in [-0.39, 0.29) is 12.2 Å². The van der Waals surface area contributed by atoms with Gasteiger partial charge in [0.25, 0.3) is 0 Å². The number of hydrogen-bond donors (Lipinski definition) is 2. The molecule has 0 amide bonds. The zero-order valence-corrected chi connectivity index (χ0v) is 21.6. The maximum atomic E-state index is 15.0. The van der Waals surface area contributed by atoms with E-state index in [1.165, 1.54) is 5.56 Å². The van der Waals surface area contributed by atoms with Crippen LogP contribution in [0.1, 0.15) is 11.7 Å². The van der Waals surface area contributed by atoms with Gasteiger partial charge in [-0.3, -0.25) is 15.3 Å². The number of hydroxylamine groups is 1. The summed E-state index contributed by atoms with van der Waals surface area (Å²) < 4.78 is -0.468. The number of anilines is 3. The van der Waals surface area contributed by atoms with Gasteiger partial charge in [0.2, 0.25) is 0 Å². The van der Waals surface area contributed by atoms with Crippen LogP contribution in [0, 0.1) is 5.21 Å². The lowest BCUT2D eigenvalue weighted by Gasteiger charge is -2.48. The quantitative estimate of drug-likeness (QED) is 0.189. The van der Waals surface area contributed by atoms with Gasteiger partial charge in [-0.15, -0.1) is 0 Å². The first-order valence-electron chi connectivity index (χ1n) is 13.5. The Morgan fingerprint density at radius 2 is 1.10 bits per heavy atom. The van der Waals surface area contributed by atoms with Gasteiger partial charge in [-0.1, -0.05) is 78.9 Å². The molecule has 7 rings (SSSR count). The molecule has 0 spiro atoms. The SMILES string of the molecule is [O-][N+]1(C2CNC(c3ccccc3)NC2)c2ccccc2-c2cc(N(c3ccccc3)c3ccccc3)ccc21. The Hall–Kier alpha value is -4.26. The molecular weight excluding hydrogens is 480 g/mol. The van der Waals surface area contributed by atoms with E-state index in [4.69, 9.17) is 0 Å². The normalized spacial score (nSPS) is 21.7. The molecule has 0 aliphatic carbocycles. The summed E-state index contributed by atoms with van der Waals surface area (Å²) in [6.45, 7) is 1.23. The van der Waals surface area contributed by atoms with Gasteiger partial charge in [-0.2, -0.15) is 0 Å². The summed E-state index contributed by atoms with van der Waals surface area (Å²) in [5, 5.41) is 22.2. The van der Waals surface area contributed by atoms with Crippen molar-refractivity contribution in [2.75, 3.05) is 18.0 Å². The van der Waals surface area contributed by atoms with E-state index < -0.39 is 4.65 Å². The summed E-state index contributed by atoms with van der Waals surface area (Å²) in [5.41, 5.74) is 7.97. The second-order valence-electron chi connectivity index (χ2n) is 10.2. The third-order valence-corrected chi connectivity index (χ3v) is 7.94. The zero-order valence-electron chi connectivity index (χ0n) is 21.6. The van der Waals surface area contributed by atoms with Crippen LogP contribution < -0.4 is 20.2 Å². The van der Waals surface area contributed by atoms with Crippen LogP contribution in [0.15, 0.2) is 133 Å². The lowest BCUT2D eigenvalue weighted by atomic mass is 10.0. The van der Waals surface area contributed by atoms with Crippen LogP contribution in [-0.4, -0.2) is 19.1 Å². The molecule has 5 nitrogen and oxygen atoms in total. The minimum absolute atomic E-state index is 0.0408. The summed E-state index contributed by atoms with van der Waals surface area (Å²) in [6, 6.07) is 45.3. The minimum atomic E-state index is -0.468. The molecule has 1 atom stereocenters. The number of quaternary nitrogens is 1. The molecule has 2 aliphatic heterocycles. The maximum Gasteiger partial charge on any atom is 0.146 e. The van der Waals surface area contributed by atoms with Gasteiger partial charge >= 0.3 is 0 Å². The Morgan fingerprint density at radius 1 is 0.564 bits per heavy atom. The highest BCUT2D eigenvalue weighted by atomic mass is 16.6. The maximum absolute atomic E-state index is 15.0. The summed E-state index contributed by atoms with van der Waals surface area (Å²) in [5.74, 6) is 0. The molecule has 0 saturated carbocycles. The minimum Gasteiger partial charge on any atom is -0.622 e. The molecule has 1 unspecified atom stereocenters. The molecule has 192 valence electrons. The van der Waals surface area contributed by atoms with E-state index in [0.717, 1.165) is 39.6 Å². The Kier molecular flexibility index (Phi) is 5.99. The average molecular weight is 511 g/mol. The predicted molar refractivity (Wildman–Crippen MR) is 160 cm³/mol. The average Bonchev–Trinajstić information content (AvgIpc) is 3.27. The number of para-hydroxylation sites is 3. The van der Waals surface area contributed by atoms with Gasteiger partial charge in [-0.05, 0) is 48.0 Å². The van der Waals surface area contributed by atoms with Crippen molar-refractivity contribution in [3.05, 3.63) is 144 Å². The van der Waals surface area contributed by atoms with Crippen LogP contribution in [0.4, 0.5) is 28.4 Å². The molecule has 2 N–H and O–H groups in total. The number of hydrogen-bond acceptors (Lipinski definition) is 4. The van der Waals surface area contributed by atoms with Crippen molar-refractivity contribution < 1.29 is 0 Å². The molecule has 0 aromatic heterocycles. The fourth-order valence-electron chi connectivity index (χ4n) is 6.07. The smallest absolute Gasteiger partial charge is 0.146 e. The first-order valence-corrected chi connectivity index (χ1v) is 13.5. The summed E-state index contributed by atoms with van der Waals surface area (Å²) in [4.78, 5) is 2.24. The number of fused-ring (bicyclic) bond motifs is 3. The van der Waals surface area contributed by atoms with Gasteiger partial charge in [0.15, 0.2) is 0 Å². The van der Waals surface area contributed by atoms with E-state index in [9.17, 15) is 0 Å².